The van der Waals surface area contributed by atoms with E-state index in [0.717, 1.165) is 31.6 Å². The molecule has 0 saturated carbocycles. The van der Waals surface area contributed by atoms with E-state index >= 15 is 0 Å². The van der Waals surface area contributed by atoms with Crippen LogP contribution in [0.15, 0.2) is 70.3 Å². The number of aromatic nitrogens is 2. The summed E-state index contributed by atoms with van der Waals surface area (Å²) in [5.41, 5.74) is 2.17. The Kier molecular flexibility index (Phi) is 6.04. The highest BCUT2D eigenvalue weighted by Gasteiger charge is 2.24. The van der Waals surface area contributed by atoms with Gasteiger partial charge < -0.3 is 9.73 Å². The summed E-state index contributed by atoms with van der Waals surface area (Å²) in [5.74, 6) is 0.734. The van der Waals surface area contributed by atoms with Crippen molar-refractivity contribution in [1.82, 2.24) is 20.4 Å². The molecule has 1 unspecified atom stereocenters. The summed E-state index contributed by atoms with van der Waals surface area (Å²) in [6.07, 6.45) is 0.974. The number of rotatable bonds is 7. The predicted octanol–water partition coefficient (Wildman–Crippen LogP) is 3.22. The molecular weight excluding hydrogens is 372 g/mol. The Balaban J connectivity index is 1.22. The second-order valence-electron chi connectivity index (χ2n) is 6.80. The molecule has 1 aromatic heterocycles. The highest BCUT2D eigenvalue weighted by atomic mass is 32.2. The van der Waals surface area contributed by atoms with Gasteiger partial charge in [-0.1, -0.05) is 60.3 Å². The zero-order valence-electron chi connectivity index (χ0n) is 15.5. The van der Waals surface area contributed by atoms with Gasteiger partial charge in [0.25, 0.3) is 5.22 Å². The van der Waals surface area contributed by atoms with Crippen LogP contribution in [0.2, 0.25) is 0 Å². The first-order chi connectivity index (χ1) is 13.8. The van der Waals surface area contributed by atoms with Gasteiger partial charge in [-0.15, -0.1) is 10.2 Å². The topological polar surface area (TPSA) is 71.3 Å². The molecule has 3 aromatic rings. The molecule has 144 valence electrons. The van der Waals surface area contributed by atoms with Crippen LogP contribution in [0.4, 0.5) is 0 Å². The van der Waals surface area contributed by atoms with Gasteiger partial charge in [0.15, 0.2) is 0 Å². The van der Waals surface area contributed by atoms with Gasteiger partial charge in [0.1, 0.15) is 0 Å². The Morgan fingerprint density at radius 1 is 1.11 bits per heavy atom. The number of carbonyl (C=O) groups is 1. The Bertz CT molecular complexity index is 901. The molecule has 1 saturated heterocycles. The number of likely N-dealkylation sites (tertiary alicyclic amines) is 1. The number of thioether (sulfide) groups is 1. The zero-order valence-corrected chi connectivity index (χ0v) is 16.3. The van der Waals surface area contributed by atoms with Crippen molar-refractivity contribution in [1.29, 1.82) is 0 Å². The fraction of sp³-hybridized carbons (Fsp3) is 0.286. The van der Waals surface area contributed by atoms with Gasteiger partial charge in [-0.2, -0.15) is 0 Å². The first-order valence-corrected chi connectivity index (χ1v) is 10.3. The van der Waals surface area contributed by atoms with E-state index in [1.165, 1.54) is 17.3 Å². The third-order valence-corrected chi connectivity index (χ3v) is 5.46. The average molecular weight is 395 g/mol. The Morgan fingerprint density at radius 3 is 2.64 bits per heavy atom. The van der Waals surface area contributed by atoms with Crippen molar-refractivity contribution in [2.75, 3.05) is 18.8 Å². The summed E-state index contributed by atoms with van der Waals surface area (Å²) in [6.45, 7) is 2.80. The van der Waals surface area contributed by atoms with Gasteiger partial charge >= 0.3 is 0 Å². The Labute approximate surface area is 168 Å². The molecular formula is C21H22N4O2S. The molecule has 1 aliphatic rings. The zero-order chi connectivity index (χ0) is 19.2. The summed E-state index contributed by atoms with van der Waals surface area (Å²) >= 11 is 1.26. The van der Waals surface area contributed by atoms with Gasteiger partial charge in [-0.3, -0.25) is 9.69 Å². The van der Waals surface area contributed by atoms with Crippen molar-refractivity contribution >= 4 is 17.7 Å². The second-order valence-corrected chi connectivity index (χ2v) is 7.73. The van der Waals surface area contributed by atoms with Crippen LogP contribution in [-0.2, 0) is 11.3 Å². The standard InChI is InChI=1S/C21H22N4O2S/c26-19(15-28-21-24-23-20(27-21)17-9-5-2-6-10-17)22-18-11-12-25(14-18)13-16-7-3-1-4-8-16/h1-10,18H,11-15H2,(H,22,26). The van der Waals surface area contributed by atoms with Crippen LogP contribution in [-0.4, -0.2) is 45.9 Å². The normalized spacial score (nSPS) is 16.9. The molecule has 1 aliphatic heterocycles. The summed E-state index contributed by atoms with van der Waals surface area (Å²) in [4.78, 5) is 14.6. The molecule has 2 aromatic carbocycles. The average Bonchev–Trinajstić information content (AvgIpc) is 3.38. The van der Waals surface area contributed by atoms with Crippen LogP contribution in [0.1, 0.15) is 12.0 Å². The lowest BCUT2D eigenvalue weighted by atomic mass is 10.2. The monoisotopic (exact) mass is 394 g/mol. The van der Waals surface area contributed by atoms with Gasteiger partial charge in [-0.05, 0) is 24.1 Å². The van der Waals surface area contributed by atoms with Crippen LogP contribution in [0.3, 0.4) is 0 Å². The highest BCUT2D eigenvalue weighted by molar-refractivity contribution is 7.99. The number of benzene rings is 2. The molecule has 1 atom stereocenters. The number of amides is 1. The summed E-state index contributed by atoms with van der Waals surface area (Å²) in [6, 6.07) is 20.2. The van der Waals surface area contributed by atoms with Gasteiger partial charge in [0.2, 0.25) is 11.8 Å². The Hall–Kier alpha value is -2.64. The van der Waals surface area contributed by atoms with E-state index in [4.69, 9.17) is 4.42 Å². The largest absolute Gasteiger partial charge is 0.411 e. The molecule has 1 fully saturated rings. The third kappa shape index (κ3) is 4.99. The number of nitrogens with one attached hydrogen (secondary N) is 1. The molecule has 1 N–H and O–H groups in total. The van der Waals surface area contributed by atoms with Crippen molar-refractivity contribution in [2.45, 2.75) is 24.2 Å². The second kappa shape index (κ2) is 9.03. The SMILES string of the molecule is O=C(CSc1nnc(-c2ccccc2)o1)NC1CCN(Cc2ccccc2)C1. The molecule has 7 heteroatoms. The van der Waals surface area contributed by atoms with Crippen LogP contribution in [0.5, 0.6) is 0 Å². The van der Waals surface area contributed by atoms with Crippen LogP contribution in [0.25, 0.3) is 11.5 Å². The number of hydrogen-bond acceptors (Lipinski definition) is 6. The lowest BCUT2D eigenvalue weighted by molar-refractivity contribution is -0.119. The smallest absolute Gasteiger partial charge is 0.277 e. The van der Waals surface area contributed by atoms with E-state index in [-0.39, 0.29) is 17.7 Å². The van der Waals surface area contributed by atoms with Crippen LogP contribution >= 0.6 is 11.8 Å². The van der Waals surface area contributed by atoms with E-state index in [9.17, 15) is 4.79 Å². The van der Waals surface area contributed by atoms with E-state index < -0.39 is 0 Å². The quantitative estimate of drug-likeness (QED) is 0.621. The fourth-order valence-corrected chi connectivity index (χ4v) is 3.87. The predicted molar refractivity (Wildman–Crippen MR) is 109 cm³/mol. The molecule has 6 nitrogen and oxygen atoms in total. The maximum atomic E-state index is 12.3. The lowest BCUT2D eigenvalue weighted by Gasteiger charge is -2.16. The van der Waals surface area contributed by atoms with E-state index in [1.807, 2.05) is 36.4 Å². The number of hydrogen-bond donors (Lipinski definition) is 1. The summed E-state index contributed by atoms with van der Waals surface area (Å²) < 4.78 is 5.63. The first-order valence-electron chi connectivity index (χ1n) is 9.33. The fourth-order valence-electron chi connectivity index (χ4n) is 3.30. The summed E-state index contributed by atoms with van der Waals surface area (Å²) in [7, 11) is 0. The molecule has 0 aliphatic carbocycles. The van der Waals surface area contributed by atoms with Crippen molar-refractivity contribution < 1.29 is 9.21 Å². The molecule has 0 spiro atoms. The highest BCUT2D eigenvalue weighted by Crippen LogP contribution is 2.23. The van der Waals surface area contributed by atoms with E-state index in [1.54, 1.807) is 0 Å². The van der Waals surface area contributed by atoms with Gasteiger partial charge in [-0.25, -0.2) is 0 Å². The maximum Gasteiger partial charge on any atom is 0.277 e. The lowest BCUT2D eigenvalue weighted by Crippen LogP contribution is -2.37. The van der Waals surface area contributed by atoms with Gasteiger partial charge in [0, 0.05) is 31.2 Å². The molecule has 0 radical (unpaired) electrons. The van der Waals surface area contributed by atoms with Crippen molar-refractivity contribution in [2.24, 2.45) is 0 Å². The summed E-state index contributed by atoms with van der Waals surface area (Å²) in [5, 5.41) is 11.6. The third-order valence-electron chi connectivity index (χ3n) is 4.64. The maximum absolute atomic E-state index is 12.3. The number of nitrogens with zero attached hydrogens (tertiary/aromatic N) is 3. The minimum absolute atomic E-state index is 0.00368. The molecule has 2 heterocycles. The van der Waals surface area contributed by atoms with E-state index in [0.29, 0.717) is 11.1 Å². The van der Waals surface area contributed by atoms with Gasteiger partial charge in [0.05, 0.1) is 5.75 Å². The van der Waals surface area contributed by atoms with E-state index in [2.05, 4.69) is 44.7 Å². The van der Waals surface area contributed by atoms with Crippen molar-refractivity contribution in [3.05, 3.63) is 66.2 Å². The first kappa shape index (κ1) is 18.7. The molecule has 4 rings (SSSR count). The molecule has 28 heavy (non-hydrogen) atoms. The molecule has 0 bridgehead atoms. The molecule has 1 amide bonds. The number of carbonyl (C=O) groups excluding carboxylic acids is 1. The van der Waals surface area contributed by atoms with Crippen molar-refractivity contribution in [3.8, 4) is 11.5 Å². The van der Waals surface area contributed by atoms with Crippen molar-refractivity contribution in [3.63, 3.8) is 0 Å². The van der Waals surface area contributed by atoms with Crippen LogP contribution in [0, 0.1) is 0 Å². The Morgan fingerprint density at radius 2 is 1.86 bits per heavy atom. The minimum Gasteiger partial charge on any atom is -0.411 e. The minimum atomic E-state index is -0.00368. The van der Waals surface area contributed by atoms with Crippen LogP contribution < -0.4 is 5.32 Å².